The first-order chi connectivity index (χ1) is 12.2. The molecule has 0 bridgehead atoms. The Hall–Kier alpha value is -3.19. The number of hydrogen-bond donors (Lipinski definition) is 0. The Balaban J connectivity index is 2.02. The second kappa shape index (κ2) is 7.89. The average molecular weight is 311 g/mol. The summed E-state index contributed by atoms with van der Waals surface area (Å²) in [6.07, 6.45) is 3.34. The summed E-state index contributed by atoms with van der Waals surface area (Å²) in [5.41, 5.74) is 3.09. The second-order valence-corrected chi connectivity index (χ2v) is 5.35. The van der Waals surface area contributed by atoms with Crippen molar-refractivity contribution in [1.29, 1.82) is 0 Å². The number of ketones is 1. The highest BCUT2D eigenvalue weighted by Crippen LogP contribution is 2.18. The summed E-state index contributed by atoms with van der Waals surface area (Å²) in [6.45, 7) is 0. The van der Waals surface area contributed by atoms with E-state index in [1.165, 1.54) is 0 Å². The number of carbonyl (C=O) groups is 1. The van der Waals surface area contributed by atoms with Gasteiger partial charge in [-0.3, -0.25) is 4.79 Å². The minimum Gasteiger partial charge on any atom is -0.289 e. The van der Waals surface area contributed by atoms with E-state index < -0.39 is 0 Å². The first-order valence-corrected chi connectivity index (χ1v) is 7.84. The van der Waals surface area contributed by atoms with Crippen LogP contribution in [0.4, 0.5) is 0 Å². The van der Waals surface area contributed by atoms with Crippen molar-refractivity contribution in [1.82, 2.24) is 0 Å². The highest BCUT2D eigenvalue weighted by molar-refractivity contribution is 6.09. The largest absolute Gasteiger partial charge is 0.289 e. The summed E-state index contributed by atoms with van der Waals surface area (Å²) in [7, 11) is 0. The maximum Gasteiger partial charge on any atom is 0.186 e. The molecule has 0 spiro atoms. The van der Waals surface area contributed by atoms with Crippen molar-refractivity contribution in [2.45, 2.75) is 0 Å². The van der Waals surface area contributed by atoms with Crippen LogP contribution in [-0.4, -0.2) is 5.78 Å². The Morgan fingerprint density at radius 2 is 1.21 bits per heavy atom. The Morgan fingerprint density at radius 1 is 0.708 bits per heavy atom. The van der Waals surface area contributed by atoms with Crippen LogP contribution in [0, 0.1) is 0 Å². The highest BCUT2D eigenvalue weighted by Gasteiger charge is 2.04. The molecule has 0 unspecified atom stereocenters. The van der Waals surface area contributed by atoms with Crippen molar-refractivity contribution in [2.24, 2.45) is 0 Å². The molecule has 0 saturated heterocycles. The highest BCUT2D eigenvalue weighted by atomic mass is 16.1. The van der Waals surface area contributed by atoms with Gasteiger partial charge in [-0.25, -0.2) is 0 Å². The van der Waals surface area contributed by atoms with Gasteiger partial charge in [-0.2, -0.15) is 0 Å². The second-order valence-electron chi connectivity index (χ2n) is 5.35. The van der Waals surface area contributed by atoms with Crippen LogP contribution in [0.2, 0.25) is 0 Å². The molecule has 116 valence electrons. The summed E-state index contributed by atoms with van der Waals surface area (Å²) in [5, 5.41) is 0. The average Bonchev–Trinajstić information content (AvgIpc) is 2.69. The molecular formula is C23H18O. The fourth-order valence-electron chi connectivity index (χ4n) is 2.36. The standard InChI is InChI=1S/C23H18O/c24-23(21-14-8-3-9-15-21)18-22(20-12-6-2-7-13-20)17-16-19-10-4-1-5-11-19/h1-18H/b17-16+,22-18+/i16D. The van der Waals surface area contributed by atoms with Crippen LogP contribution in [0.1, 0.15) is 22.9 Å². The molecule has 0 radical (unpaired) electrons. The van der Waals surface area contributed by atoms with E-state index in [-0.39, 0.29) is 5.78 Å². The third-order valence-electron chi connectivity index (χ3n) is 3.62. The molecule has 0 atom stereocenters. The quantitative estimate of drug-likeness (QED) is 0.337. The normalized spacial score (nSPS) is 12.6. The number of carbonyl (C=O) groups excluding carboxylic acids is 1. The van der Waals surface area contributed by atoms with Crippen molar-refractivity contribution in [3.63, 3.8) is 0 Å². The molecular weight excluding hydrogens is 292 g/mol. The molecule has 0 aliphatic rings. The molecule has 3 rings (SSSR count). The fraction of sp³-hybridized carbons (Fsp3) is 0. The topological polar surface area (TPSA) is 17.1 Å². The lowest BCUT2D eigenvalue weighted by Gasteiger charge is -2.03. The van der Waals surface area contributed by atoms with Gasteiger partial charge in [-0.05, 0) is 22.8 Å². The van der Waals surface area contributed by atoms with E-state index in [2.05, 4.69) is 0 Å². The number of allylic oxidation sites excluding steroid dienone is 3. The molecule has 24 heavy (non-hydrogen) atoms. The molecule has 0 heterocycles. The lowest BCUT2D eigenvalue weighted by Crippen LogP contribution is -1.95. The van der Waals surface area contributed by atoms with E-state index in [0.29, 0.717) is 11.6 Å². The zero-order valence-electron chi connectivity index (χ0n) is 14.2. The minimum atomic E-state index is -0.0726. The zero-order chi connectivity index (χ0) is 17.5. The Kier molecular flexibility index (Phi) is 4.73. The Morgan fingerprint density at radius 3 is 1.79 bits per heavy atom. The van der Waals surface area contributed by atoms with Crippen LogP contribution in [0.15, 0.2) is 103 Å². The summed E-state index contributed by atoms with van der Waals surface area (Å²) in [4.78, 5) is 12.6. The van der Waals surface area contributed by atoms with Crippen molar-refractivity contribution in [2.75, 3.05) is 0 Å². The maximum absolute atomic E-state index is 12.6. The third kappa shape index (κ3) is 4.17. The van der Waals surface area contributed by atoms with Gasteiger partial charge in [0.25, 0.3) is 0 Å². The van der Waals surface area contributed by atoms with Gasteiger partial charge in [0.2, 0.25) is 0 Å². The Bertz CT molecular complexity index is 895. The van der Waals surface area contributed by atoms with Crippen LogP contribution in [0.5, 0.6) is 0 Å². The van der Waals surface area contributed by atoms with Gasteiger partial charge in [0.15, 0.2) is 5.78 Å². The van der Waals surface area contributed by atoms with Gasteiger partial charge < -0.3 is 0 Å². The molecule has 0 saturated carbocycles. The predicted molar refractivity (Wildman–Crippen MR) is 101 cm³/mol. The van der Waals surface area contributed by atoms with Crippen LogP contribution in [0.3, 0.4) is 0 Å². The SMILES string of the molecule is [2H]/C(=C\C(=C/C(=O)c1ccccc1)c1ccccc1)c1ccccc1. The van der Waals surface area contributed by atoms with E-state index in [9.17, 15) is 4.79 Å². The fourth-order valence-corrected chi connectivity index (χ4v) is 2.36. The molecule has 0 aliphatic heterocycles. The van der Waals surface area contributed by atoms with Gasteiger partial charge in [0.05, 0.1) is 1.37 Å². The van der Waals surface area contributed by atoms with Gasteiger partial charge in [0, 0.05) is 5.56 Å². The lowest BCUT2D eigenvalue weighted by atomic mass is 10.0. The molecule has 0 aromatic heterocycles. The van der Waals surface area contributed by atoms with E-state index >= 15 is 0 Å². The summed E-state index contributed by atoms with van der Waals surface area (Å²) < 4.78 is 8.35. The molecule has 0 fully saturated rings. The molecule has 3 aromatic carbocycles. The molecule has 3 aromatic rings. The van der Waals surface area contributed by atoms with Gasteiger partial charge in [-0.15, -0.1) is 0 Å². The van der Waals surface area contributed by atoms with E-state index in [0.717, 1.165) is 16.7 Å². The predicted octanol–water partition coefficient (Wildman–Crippen LogP) is 5.67. The summed E-state index contributed by atoms with van der Waals surface area (Å²) in [5.74, 6) is -0.0726. The number of hydrogen-bond acceptors (Lipinski definition) is 1. The molecule has 0 amide bonds. The summed E-state index contributed by atoms with van der Waals surface area (Å²) in [6, 6.07) is 28.7. The van der Waals surface area contributed by atoms with Crippen molar-refractivity contribution in [3.8, 4) is 0 Å². The minimum absolute atomic E-state index is 0.0726. The van der Waals surface area contributed by atoms with Crippen molar-refractivity contribution < 1.29 is 6.17 Å². The number of benzene rings is 3. The zero-order valence-corrected chi connectivity index (χ0v) is 13.2. The molecule has 1 heteroatoms. The van der Waals surface area contributed by atoms with Crippen molar-refractivity contribution in [3.05, 3.63) is 120 Å². The van der Waals surface area contributed by atoms with Crippen LogP contribution >= 0.6 is 0 Å². The first-order valence-electron chi connectivity index (χ1n) is 8.34. The van der Waals surface area contributed by atoms with Gasteiger partial charge in [0.1, 0.15) is 0 Å². The van der Waals surface area contributed by atoms with Crippen LogP contribution < -0.4 is 0 Å². The number of rotatable bonds is 5. The van der Waals surface area contributed by atoms with Gasteiger partial charge >= 0.3 is 0 Å². The van der Waals surface area contributed by atoms with Crippen LogP contribution in [-0.2, 0) is 0 Å². The molecule has 0 N–H and O–H groups in total. The monoisotopic (exact) mass is 311 g/mol. The van der Waals surface area contributed by atoms with E-state index in [4.69, 9.17) is 1.37 Å². The van der Waals surface area contributed by atoms with Gasteiger partial charge in [-0.1, -0.05) is 103 Å². The molecule has 1 nitrogen and oxygen atoms in total. The lowest BCUT2D eigenvalue weighted by molar-refractivity contribution is 0.104. The smallest absolute Gasteiger partial charge is 0.186 e. The summed E-state index contributed by atoms with van der Waals surface area (Å²) >= 11 is 0. The molecule has 0 aliphatic carbocycles. The maximum atomic E-state index is 12.6. The van der Waals surface area contributed by atoms with E-state index in [1.54, 1.807) is 24.3 Å². The Labute approximate surface area is 144 Å². The van der Waals surface area contributed by atoms with E-state index in [1.807, 2.05) is 78.9 Å². The third-order valence-corrected chi connectivity index (χ3v) is 3.62. The van der Waals surface area contributed by atoms with Crippen molar-refractivity contribution >= 4 is 17.4 Å². The first kappa shape index (κ1) is 14.4. The van der Waals surface area contributed by atoms with Crippen LogP contribution in [0.25, 0.3) is 11.6 Å².